The Hall–Kier alpha value is -1.35. The Bertz CT molecular complexity index is 623. The molecule has 0 amide bonds. The Kier molecular flexibility index (Phi) is 3.12. The molecule has 2 N–H and O–H groups in total. The van der Waals surface area contributed by atoms with Crippen molar-refractivity contribution in [2.75, 3.05) is 0 Å². The second-order valence-electron chi connectivity index (χ2n) is 7.78. The average Bonchev–Trinajstić information content (AvgIpc) is 2.82. The molecule has 22 heavy (non-hydrogen) atoms. The fourth-order valence-corrected chi connectivity index (χ4v) is 5.69. The number of aliphatic hydroxyl groups is 1. The number of aliphatic hydroxyl groups excluding tert-OH is 1. The van der Waals surface area contributed by atoms with E-state index >= 15 is 0 Å². The van der Waals surface area contributed by atoms with Crippen molar-refractivity contribution in [1.29, 1.82) is 0 Å². The molecule has 4 rings (SSSR count). The highest BCUT2D eigenvalue weighted by Gasteiger charge is 2.54. The zero-order chi connectivity index (χ0) is 15.5. The van der Waals surface area contributed by atoms with Crippen LogP contribution in [0.25, 0.3) is 0 Å². The van der Waals surface area contributed by atoms with Gasteiger partial charge in [0.1, 0.15) is 5.75 Å². The van der Waals surface area contributed by atoms with Crippen LogP contribution >= 0.6 is 0 Å². The van der Waals surface area contributed by atoms with Crippen molar-refractivity contribution in [2.24, 2.45) is 17.3 Å². The first-order valence-electron chi connectivity index (χ1n) is 8.53. The number of phenols is 1. The van der Waals surface area contributed by atoms with Gasteiger partial charge in [-0.15, -0.1) is 0 Å². The predicted octanol–water partition coefficient (Wildman–Crippen LogP) is 3.42. The Morgan fingerprint density at radius 2 is 2.05 bits per heavy atom. The molecular formula is C19H24O3. The maximum Gasteiger partial charge on any atom is 0.153 e. The van der Waals surface area contributed by atoms with E-state index in [1.807, 2.05) is 6.07 Å². The fourth-order valence-electron chi connectivity index (χ4n) is 5.69. The monoisotopic (exact) mass is 300 g/mol. The number of carbonyl (C=O) groups is 1. The largest absolute Gasteiger partial charge is 0.507 e. The lowest BCUT2D eigenvalue weighted by atomic mass is 9.55. The number of hydrogen-bond acceptors (Lipinski definition) is 3. The zero-order valence-corrected chi connectivity index (χ0v) is 13.1. The first-order chi connectivity index (χ1) is 10.5. The third-order valence-electron chi connectivity index (χ3n) is 6.95. The van der Waals surface area contributed by atoms with E-state index in [1.165, 1.54) is 11.1 Å². The predicted molar refractivity (Wildman–Crippen MR) is 84.1 cm³/mol. The molecule has 4 unspecified atom stereocenters. The van der Waals surface area contributed by atoms with Crippen LogP contribution in [0.2, 0.25) is 0 Å². The fraction of sp³-hybridized carbons (Fsp3) is 0.632. The van der Waals surface area contributed by atoms with Gasteiger partial charge >= 0.3 is 0 Å². The molecular weight excluding hydrogens is 276 g/mol. The molecule has 2 fully saturated rings. The number of hydrogen-bond donors (Lipinski definition) is 2. The number of phenolic OH excluding ortho intramolecular Hbond substituents is 1. The van der Waals surface area contributed by atoms with Crippen molar-refractivity contribution >= 4 is 6.29 Å². The van der Waals surface area contributed by atoms with Crippen LogP contribution < -0.4 is 0 Å². The summed E-state index contributed by atoms with van der Waals surface area (Å²) in [5, 5.41) is 20.3. The molecule has 2 saturated carbocycles. The van der Waals surface area contributed by atoms with Crippen molar-refractivity contribution in [1.82, 2.24) is 0 Å². The summed E-state index contributed by atoms with van der Waals surface area (Å²) in [6.45, 7) is 2.27. The summed E-state index contributed by atoms with van der Waals surface area (Å²) in [5.41, 5.74) is 2.99. The highest BCUT2D eigenvalue weighted by Crippen LogP contribution is 2.61. The average molecular weight is 300 g/mol. The van der Waals surface area contributed by atoms with E-state index in [1.54, 1.807) is 6.07 Å². The lowest BCUT2D eigenvalue weighted by Crippen LogP contribution is -2.43. The Balaban J connectivity index is 1.74. The molecule has 0 saturated heterocycles. The van der Waals surface area contributed by atoms with Gasteiger partial charge in [0, 0.05) is 0 Å². The Morgan fingerprint density at radius 1 is 1.23 bits per heavy atom. The third-order valence-corrected chi connectivity index (χ3v) is 6.95. The van der Waals surface area contributed by atoms with Crippen LogP contribution in [0.3, 0.4) is 0 Å². The number of benzene rings is 1. The number of aryl methyl sites for hydroxylation is 1. The van der Waals surface area contributed by atoms with E-state index in [0.717, 1.165) is 44.8 Å². The highest BCUT2D eigenvalue weighted by atomic mass is 16.3. The number of aromatic hydroxyl groups is 1. The van der Waals surface area contributed by atoms with Crippen LogP contribution in [0, 0.1) is 17.3 Å². The number of aldehydes is 1. The Morgan fingerprint density at radius 3 is 2.82 bits per heavy atom. The smallest absolute Gasteiger partial charge is 0.153 e. The molecule has 0 radical (unpaired) electrons. The van der Waals surface area contributed by atoms with Crippen molar-refractivity contribution in [2.45, 2.75) is 57.5 Å². The second kappa shape index (κ2) is 4.82. The molecule has 1 aromatic carbocycles. The van der Waals surface area contributed by atoms with Gasteiger partial charge in [-0.1, -0.05) is 6.92 Å². The quantitative estimate of drug-likeness (QED) is 0.781. The molecule has 0 bridgehead atoms. The van der Waals surface area contributed by atoms with Gasteiger partial charge < -0.3 is 10.2 Å². The summed E-state index contributed by atoms with van der Waals surface area (Å²) in [6, 6.07) is 3.72. The van der Waals surface area contributed by atoms with Crippen LogP contribution in [-0.2, 0) is 6.42 Å². The molecule has 0 aromatic heterocycles. The van der Waals surface area contributed by atoms with Gasteiger partial charge in [-0.2, -0.15) is 0 Å². The summed E-state index contributed by atoms with van der Waals surface area (Å²) in [4.78, 5) is 11.2. The molecule has 3 heteroatoms. The standard InChI is InChI=1S/C19H24O3/c1-19-7-6-13-14(16(19)4-5-18(19)22)3-2-11-9-17(21)12(10-20)8-15(11)13/h8-10,13-14,16,18,21-22H,2-7H2,1H3/t13?,14?,16?,18-,19?/m0/s1. The van der Waals surface area contributed by atoms with E-state index in [0.29, 0.717) is 23.3 Å². The topological polar surface area (TPSA) is 57.5 Å². The van der Waals surface area contributed by atoms with Gasteiger partial charge in [0.05, 0.1) is 11.7 Å². The molecule has 3 aliphatic rings. The number of fused-ring (bicyclic) bond motifs is 5. The van der Waals surface area contributed by atoms with Crippen molar-refractivity contribution in [3.05, 3.63) is 28.8 Å². The minimum atomic E-state index is -0.148. The lowest BCUT2D eigenvalue weighted by Gasteiger charge is -2.50. The summed E-state index contributed by atoms with van der Waals surface area (Å²) in [6.07, 6.45) is 6.95. The van der Waals surface area contributed by atoms with Gasteiger partial charge in [-0.25, -0.2) is 0 Å². The Labute approximate surface area is 131 Å². The lowest BCUT2D eigenvalue weighted by molar-refractivity contribution is -0.0226. The molecule has 0 aliphatic heterocycles. The minimum Gasteiger partial charge on any atom is -0.507 e. The van der Waals surface area contributed by atoms with Crippen molar-refractivity contribution in [3.63, 3.8) is 0 Å². The first-order valence-corrected chi connectivity index (χ1v) is 8.53. The zero-order valence-electron chi connectivity index (χ0n) is 13.1. The van der Waals surface area contributed by atoms with Gasteiger partial charge in [0.2, 0.25) is 0 Å². The SMILES string of the molecule is CC12CCC3c4cc(C=O)c(O)cc4CCC3C1CC[C@@H]2O. The van der Waals surface area contributed by atoms with Crippen LogP contribution in [-0.4, -0.2) is 22.6 Å². The third kappa shape index (κ3) is 1.81. The van der Waals surface area contributed by atoms with Crippen molar-refractivity contribution < 1.29 is 15.0 Å². The molecule has 3 aliphatic carbocycles. The van der Waals surface area contributed by atoms with E-state index in [9.17, 15) is 15.0 Å². The van der Waals surface area contributed by atoms with Crippen LogP contribution in [0.5, 0.6) is 5.75 Å². The molecule has 3 nitrogen and oxygen atoms in total. The van der Waals surface area contributed by atoms with Crippen LogP contribution in [0.4, 0.5) is 0 Å². The maximum atomic E-state index is 11.2. The van der Waals surface area contributed by atoms with E-state index in [-0.39, 0.29) is 17.3 Å². The number of carbonyl (C=O) groups excluding carboxylic acids is 1. The van der Waals surface area contributed by atoms with Gasteiger partial charge in [-0.3, -0.25) is 4.79 Å². The van der Waals surface area contributed by atoms with E-state index in [4.69, 9.17) is 0 Å². The molecule has 118 valence electrons. The minimum absolute atomic E-state index is 0.0864. The van der Waals surface area contributed by atoms with Gasteiger partial charge in [-0.05, 0) is 85.0 Å². The summed E-state index contributed by atoms with van der Waals surface area (Å²) in [5.74, 6) is 1.82. The van der Waals surface area contributed by atoms with Gasteiger partial charge in [0.25, 0.3) is 0 Å². The first kappa shape index (κ1) is 14.3. The number of rotatable bonds is 1. The summed E-state index contributed by atoms with van der Waals surface area (Å²) in [7, 11) is 0. The summed E-state index contributed by atoms with van der Waals surface area (Å²) >= 11 is 0. The second-order valence-corrected chi connectivity index (χ2v) is 7.78. The molecule has 0 heterocycles. The van der Waals surface area contributed by atoms with Crippen LogP contribution in [0.15, 0.2) is 12.1 Å². The summed E-state index contributed by atoms with van der Waals surface area (Å²) < 4.78 is 0. The molecule has 5 atom stereocenters. The maximum absolute atomic E-state index is 11.2. The van der Waals surface area contributed by atoms with E-state index in [2.05, 4.69) is 6.92 Å². The van der Waals surface area contributed by atoms with Gasteiger partial charge in [0.15, 0.2) is 6.29 Å². The molecule has 1 aromatic rings. The normalized spacial score (nSPS) is 39.7. The molecule has 0 spiro atoms. The van der Waals surface area contributed by atoms with Crippen LogP contribution in [0.1, 0.15) is 66.4 Å². The van der Waals surface area contributed by atoms with E-state index < -0.39 is 0 Å². The highest BCUT2D eigenvalue weighted by molar-refractivity contribution is 5.80. The van der Waals surface area contributed by atoms with Crippen molar-refractivity contribution in [3.8, 4) is 5.75 Å².